The minimum absolute atomic E-state index is 0.0156. The van der Waals surface area contributed by atoms with Crippen molar-refractivity contribution in [2.75, 3.05) is 18.6 Å². The zero-order chi connectivity index (χ0) is 12.6. The molecule has 7 heteroatoms. The summed E-state index contributed by atoms with van der Waals surface area (Å²) in [5, 5.41) is 0.714. The number of carbonyl (C=O) groups excluding carboxylic acids is 1. The van der Waals surface area contributed by atoms with Gasteiger partial charge in [-0.3, -0.25) is 4.79 Å². The number of fused-ring (bicyclic) bond motifs is 1. The second-order valence-corrected chi connectivity index (χ2v) is 7.81. The predicted molar refractivity (Wildman–Crippen MR) is 68.9 cm³/mol. The van der Waals surface area contributed by atoms with Gasteiger partial charge in [0.1, 0.15) is 0 Å². The number of amidine groups is 1. The highest BCUT2D eigenvalue weighted by atomic mass is 32.2. The minimum atomic E-state index is -2.90. The van der Waals surface area contributed by atoms with E-state index in [0.717, 1.165) is 6.42 Å². The lowest BCUT2D eigenvalue weighted by Gasteiger charge is -2.17. The van der Waals surface area contributed by atoms with Crippen LogP contribution < -0.4 is 0 Å². The van der Waals surface area contributed by atoms with Crippen LogP contribution in [-0.2, 0) is 14.6 Å². The summed E-state index contributed by atoms with van der Waals surface area (Å²) in [7, 11) is -1.09. The number of thioether (sulfide) groups is 1. The molecule has 2 aliphatic heterocycles. The van der Waals surface area contributed by atoms with E-state index in [1.54, 1.807) is 0 Å². The van der Waals surface area contributed by atoms with Gasteiger partial charge in [0.05, 0.1) is 17.5 Å². The summed E-state index contributed by atoms with van der Waals surface area (Å²) in [4.78, 5) is 17.3. The fourth-order valence-corrected chi connectivity index (χ4v) is 6.13. The second kappa shape index (κ2) is 4.61. The van der Waals surface area contributed by atoms with Gasteiger partial charge in [-0.2, -0.15) is 4.99 Å². The molecule has 0 unspecified atom stereocenters. The molecule has 0 radical (unpaired) electrons. The summed E-state index contributed by atoms with van der Waals surface area (Å²) in [6.07, 6.45) is 1.23. The van der Waals surface area contributed by atoms with Crippen molar-refractivity contribution in [3.8, 4) is 0 Å². The smallest absolute Gasteiger partial charge is 0.248 e. The quantitative estimate of drug-likeness (QED) is 0.735. The molecule has 17 heavy (non-hydrogen) atoms. The zero-order valence-electron chi connectivity index (χ0n) is 9.92. The van der Waals surface area contributed by atoms with Crippen molar-refractivity contribution >= 4 is 32.7 Å². The highest BCUT2D eigenvalue weighted by Gasteiger charge is 2.47. The van der Waals surface area contributed by atoms with Gasteiger partial charge in [-0.05, 0) is 6.42 Å². The van der Waals surface area contributed by atoms with E-state index in [1.807, 2.05) is 18.9 Å². The number of amides is 1. The minimum Gasteiger partial charge on any atom is -0.349 e. The van der Waals surface area contributed by atoms with Crippen molar-refractivity contribution in [1.29, 1.82) is 0 Å². The maximum atomic E-state index is 11.5. The monoisotopic (exact) mass is 276 g/mol. The van der Waals surface area contributed by atoms with E-state index >= 15 is 0 Å². The third-order valence-electron chi connectivity index (χ3n) is 3.01. The van der Waals surface area contributed by atoms with E-state index in [1.165, 1.54) is 11.8 Å². The van der Waals surface area contributed by atoms with Crippen LogP contribution in [0.4, 0.5) is 0 Å². The molecule has 0 aliphatic carbocycles. The average molecular weight is 276 g/mol. The third kappa shape index (κ3) is 2.65. The van der Waals surface area contributed by atoms with Gasteiger partial charge in [0.15, 0.2) is 15.0 Å². The summed E-state index contributed by atoms with van der Waals surface area (Å²) in [6.45, 7) is 1.94. The van der Waals surface area contributed by atoms with Crippen LogP contribution in [0.15, 0.2) is 4.99 Å². The van der Waals surface area contributed by atoms with Crippen LogP contribution in [0, 0.1) is 0 Å². The molecule has 0 saturated carbocycles. The Morgan fingerprint density at radius 2 is 2.24 bits per heavy atom. The van der Waals surface area contributed by atoms with E-state index in [4.69, 9.17) is 0 Å². The summed E-state index contributed by atoms with van der Waals surface area (Å²) in [5.74, 6) is 0.264. The van der Waals surface area contributed by atoms with Gasteiger partial charge in [0.25, 0.3) is 0 Å². The maximum Gasteiger partial charge on any atom is 0.248 e. The molecule has 2 fully saturated rings. The molecular weight excluding hydrogens is 260 g/mol. The Hall–Kier alpha value is -0.560. The first-order chi connectivity index (χ1) is 7.93. The van der Waals surface area contributed by atoms with E-state index in [9.17, 15) is 13.2 Å². The highest BCUT2D eigenvalue weighted by Crippen LogP contribution is 2.36. The largest absolute Gasteiger partial charge is 0.349 e. The molecule has 2 rings (SSSR count). The number of sulfone groups is 1. The third-order valence-corrected chi connectivity index (χ3v) is 6.31. The summed E-state index contributed by atoms with van der Waals surface area (Å²) < 4.78 is 22.9. The van der Waals surface area contributed by atoms with Crippen molar-refractivity contribution in [2.45, 2.75) is 31.1 Å². The number of nitrogens with zero attached hydrogens (tertiary/aromatic N) is 2. The molecule has 5 nitrogen and oxygen atoms in total. The van der Waals surface area contributed by atoms with Crippen molar-refractivity contribution < 1.29 is 13.2 Å². The van der Waals surface area contributed by atoms with Crippen LogP contribution in [-0.4, -0.2) is 54.2 Å². The Labute approximate surface area is 106 Å². The first-order valence-electron chi connectivity index (χ1n) is 5.64. The van der Waals surface area contributed by atoms with Crippen LogP contribution in [0.1, 0.15) is 19.8 Å². The van der Waals surface area contributed by atoms with Gasteiger partial charge in [0.2, 0.25) is 5.91 Å². The van der Waals surface area contributed by atoms with Gasteiger partial charge in [-0.25, -0.2) is 8.42 Å². The Morgan fingerprint density at radius 1 is 1.53 bits per heavy atom. The molecule has 96 valence electrons. The standard InChI is InChI=1S/C10H16N2O3S2/c1-3-4-9(13)11-10-12(2)7-5-17(14,15)6-8(7)16-10/h7-8H,3-6H2,1-2H3/t7-,8+/m1/s1. The van der Waals surface area contributed by atoms with Gasteiger partial charge in [0, 0.05) is 18.7 Å². The van der Waals surface area contributed by atoms with Gasteiger partial charge >= 0.3 is 0 Å². The Kier molecular flexibility index (Phi) is 3.49. The predicted octanol–water partition coefficient (Wildman–Crippen LogP) is 0.513. The van der Waals surface area contributed by atoms with Gasteiger partial charge in [-0.1, -0.05) is 18.7 Å². The molecule has 0 N–H and O–H groups in total. The van der Waals surface area contributed by atoms with E-state index in [2.05, 4.69) is 4.99 Å². The molecule has 2 heterocycles. The fraction of sp³-hybridized carbons (Fsp3) is 0.800. The molecule has 0 bridgehead atoms. The second-order valence-electron chi connectivity index (χ2n) is 4.45. The maximum absolute atomic E-state index is 11.5. The van der Waals surface area contributed by atoms with Crippen LogP contribution in [0.3, 0.4) is 0 Å². The molecule has 0 spiro atoms. The number of carbonyl (C=O) groups is 1. The van der Waals surface area contributed by atoms with Crippen molar-refractivity contribution in [1.82, 2.24) is 4.90 Å². The van der Waals surface area contributed by atoms with E-state index < -0.39 is 9.84 Å². The Bertz CT molecular complexity index is 458. The van der Waals surface area contributed by atoms with Crippen molar-refractivity contribution in [2.24, 2.45) is 4.99 Å². The van der Waals surface area contributed by atoms with Crippen molar-refractivity contribution in [3.05, 3.63) is 0 Å². The van der Waals surface area contributed by atoms with Crippen LogP contribution in [0.2, 0.25) is 0 Å². The molecule has 2 aliphatic rings. The molecule has 2 atom stereocenters. The molecule has 1 amide bonds. The summed E-state index contributed by atoms with van der Waals surface area (Å²) in [5.41, 5.74) is 0. The number of rotatable bonds is 2. The molecule has 0 aromatic rings. The Morgan fingerprint density at radius 3 is 2.82 bits per heavy atom. The zero-order valence-corrected chi connectivity index (χ0v) is 11.6. The molecule has 2 saturated heterocycles. The fourth-order valence-electron chi connectivity index (χ4n) is 2.11. The summed E-state index contributed by atoms with van der Waals surface area (Å²) in [6, 6.07) is -0.0156. The average Bonchev–Trinajstić information content (AvgIpc) is 2.63. The topological polar surface area (TPSA) is 66.8 Å². The molecular formula is C10H16N2O3S2. The normalized spacial score (nSPS) is 33.1. The van der Waals surface area contributed by atoms with Gasteiger partial charge in [-0.15, -0.1) is 0 Å². The van der Waals surface area contributed by atoms with Crippen molar-refractivity contribution in [3.63, 3.8) is 0 Å². The van der Waals surface area contributed by atoms with Crippen LogP contribution in [0.25, 0.3) is 0 Å². The first kappa shape index (κ1) is 12.9. The van der Waals surface area contributed by atoms with Crippen LogP contribution >= 0.6 is 11.8 Å². The molecule has 0 aromatic heterocycles. The van der Waals surface area contributed by atoms with E-state index in [-0.39, 0.29) is 28.7 Å². The highest BCUT2D eigenvalue weighted by molar-refractivity contribution is 8.15. The first-order valence-corrected chi connectivity index (χ1v) is 8.34. The lowest BCUT2D eigenvalue weighted by Crippen LogP contribution is -2.34. The lowest BCUT2D eigenvalue weighted by molar-refractivity contribution is -0.117. The lowest BCUT2D eigenvalue weighted by atomic mass is 10.2. The number of hydrogen-bond donors (Lipinski definition) is 0. The van der Waals surface area contributed by atoms with Gasteiger partial charge < -0.3 is 4.90 Å². The Balaban J connectivity index is 2.10. The summed E-state index contributed by atoms with van der Waals surface area (Å²) >= 11 is 1.42. The number of hydrogen-bond acceptors (Lipinski definition) is 4. The molecule has 0 aromatic carbocycles. The van der Waals surface area contributed by atoms with E-state index in [0.29, 0.717) is 11.6 Å². The van der Waals surface area contributed by atoms with Crippen LogP contribution in [0.5, 0.6) is 0 Å². The number of aliphatic imine (C=N–C) groups is 1. The SMILES string of the molecule is CCCC(=O)N=C1S[C@H]2CS(=O)(=O)C[C@H]2N1C.